The second-order valence-electron chi connectivity index (χ2n) is 4.83. The zero-order chi connectivity index (χ0) is 13.3. The molecule has 0 saturated carbocycles. The summed E-state index contributed by atoms with van der Waals surface area (Å²) in [6, 6.07) is 0. The molecule has 0 saturated heterocycles. The molecule has 0 aliphatic carbocycles. The Labute approximate surface area is 123 Å². The zero-order valence-corrected chi connectivity index (χ0v) is 14.1. The Morgan fingerprint density at radius 1 is 0.667 bits per heavy atom. The normalized spacial score (nSPS) is 11.0. The van der Waals surface area contributed by atoms with Crippen molar-refractivity contribution in [2.75, 3.05) is 24.6 Å². The highest BCUT2D eigenvalue weighted by molar-refractivity contribution is 8.76. The molecule has 0 aliphatic heterocycles. The Morgan fingerprint density at radius 2 is 1.22 bits per heavy atom. The topological polar surface area (TPSA) is 12.0 Å². The highest BCUT2D eigenvalue weighted by Gasteiger charge is 1.93. The van der Waals surface area contributed by atoms with E-state index in [4.69, 9.17) is 0 Å². The summed E-state index contributed by atoms with van der Waals surface area (Å²) in [5.74, 6) is 2.59. The Morgan fingerprint density at radius 3 is 1.83 bits per heavy atom. The summed E-state index contributed by atoms with van der Waals surface area (Å²) in [6.45, 7) is 6.71. The first kappa shape index (κ1) is 18.7. The fourth-order valence-corrected chi connectivity index (χ4v) is 3.98. The first-order chi connectivity index (χ1) is 8.91. The minimum atomic E-state index is 1.10. The van der Waals surface area contributed by atoms with Gasteiger partial charge in [-0.3, -0.25) is 0 Å². The van der Waals surface area contributed by atoms with Crippen molar-refractivity contribution in [1.82, 2.24) is 5.32 Å². The standard InChI is InChI=1S/C15H33NS2/c1-3-5-6-7-8-9-10-11-12-14-17-18-15-13-16-4-2/h16H,3-15H2,1-2H3. The SMILES string of the molecule is CCCCCCCCCCCSSCCNCC. The van der Waals surface area contributed by atoms with Crippen LogP contribution in [0.1, 0.15) is 71.6 Å². The maximum absolute atomic E-state index is 3.35. The van der Waals surface area contributed by atoms with Gasteiger partial charge >= 0.3 is 0 Å². The van der Waals surface area contributed by atoms with Crippen LogP contribution >= 0.6 is 21.6 Å². The summed E-state index contributed by atoms with van der Waals surface area (Å²) >= 11 is 0. The van der Waals surface area contributed by atoms with Crippen molar-refractivity contribution in [2.24, 2.45) is 0 Å². The summed E-state index contributed by atoms with van der Waals surface area (Å²) < 4.78 is 0. The van der Waals surface area contributed by atoms with E-state index >= 15 is 0 Å². The molecule has 0 amide bonds. The second-order valence-corrected chi connectivity index (χ2v) is 7.53. The van der Waals surface area contributed by atoms with E-state index in [1.54, 1.807) is 0 Å². The fraction of sp³-hybridized carbons (Fsp3) is 1.00. The average molecular weight is 292 g/mol. The van der Waals surface area contributed by atoms with Gasteiger partial charge in [0.05, 0.1) is 0 Å². The lowest BCUT2D eigenvalue weighted by Gasteiger charge is -2.03. The lowest BCUT2D eigenvalue weighted by Crippen LogP contribution is -2.15. The van der Waals surface area contributed by atoms with Gasteiger partial charge in [-0.15, -0.1) is 0 Å². The van der Waals surface area contributed by atoms with Crippen LogP contribution in [0.2, 0.25) is 0 Å². The summed E-state index contributed by atoms with van der Waals surface area (Å²) in [4.78, 5) is 0. The van der Waals surface area contributed by atoms with Gasteiger partial charge in [0.2, 0.25) is 0 Å². The number of hydrogen-bond acceptors (Lipinski definition) is 3. The molecular weight excluding hydrogens is 258 g/mol. The molecule has 0 bridgehead atoms. The third-order valence-corrected chi connectivity index (χ3v) is 5.52. The molecule has 110 valence electrons. The Bertz CT molecular complexity index is 126. The molecule has 0 unspecified atom stereocenters. The maximum Gasteiger partial charge on any atom is 0.0162 e. The smallest absolute Gasteiger partial charge is 0.0162 e. The van der Waals surface area contributed by atoms with Gasteiger partial charge in [-0.25, -0.2) is 0 Å². The number of unbranched alkanes of at least 4 members (excludes halogenated alkanes) is 8. The molecule has 1 N–H and O–H groups in total. The highest BCUT2D eigenvalue weighted by Crippen LogP contribution is 2.22. The average Bonchev–Trinajstić information content (AvgIpc) is 2.39. The number of hydrogen-bond donors (Lipinski definition) is 1. The molecule has 0 spiro atoms. The summed E-state index contributed by atoms with van der Waals surface area (Å²) in [6.07, 6.45) is 12.9. The highest BCUT2D eigenvalue weighted by atomic mass is 33.1. The molecule has 0 atom stereocenters. The van der Waals surface area contributed by atoms with Crippen LogP contribution in [0.5, 0.6) is 0 Å². The van der Waals surface area contributed by atoms with Crippen LogP contribution in [0.3, 0.4) is 0 Å². The predicted molar refractivity (Wildman–Crippen MR) is 90.7 cm³/mol. The van der Waals surface area contributed by atoms with Crippen molar-refractivity contribution in [3.63, 3.8) is 0 Å². The minimum Gasteiger partial charge on any atom is -0.316 e. The van der Waals surface area contributed by atoms with Crippen LogP contribution in [0, 0.1) is 0 Å². The molecule has 3 heteroatoms. The maximum atomic E-state index is 3.35. The summed E-state index contributed by atoms with van der Waals surface area (Å²) in [7, 11) is 4.08. The first-order valence-electron chi connectivity index (χ1n) is 7.87. The quantitative estimate of drug-likeness (QED) is 0.316. The summed E-state index contributed by atoms with van der Waals surface area (Å²) in [5.41, 5.74) is 0. The van der Waals surface area contributed by atoms with E-state index in [1.807, 2.05) is 10.8 Å². The first-order valence-corrected chi connectivity index (χ1v) is 10.4. The lowest BCUT2D eigenvalue weighted by molar-refractivity contribution is 0.573. The Balaban J connectivity index is 2.86. The molecule has 0 aromatic carbocycles. The van der Waals surface area contributed by atoms with E-state index in [1.165, 1.54) is 69.3 Å². The molecule has 0 rings (SSSR count). The summed E-state index contributed by atoms with van der Waals surface area (Å²) in [5, 5.41) is 3.35. The monoisotopic (exact) mass is 291 g/mol. The van der Waals surface area contributed by atoms with Gasteiger partial charge in [0.1, 0.15) is 0 Å². The molecule has 0 fully saturated rings. The van der Waals surface area contributed by atoms with Gasteiger partial charge in [-0.1, -0.05) is 86.8 Å². The van der Waals surface area contributed by atoms with Gasteiger partial charge in [0, 0.05) is 18.1 Å². The molecule has 0 heterocycles. The van der Waals surface area contributed by atoms with E-state index in [0.717, 1.165) is 13.1 Å². The van der Waals surface area contributed by atoms with Gasteiger partial charge < -0.3 is 5.32 Å². The number of rotatable bonds is 15. The molecule has 0 aromatic rings. The van der Waals surface area contributed by atoms with Crippen molar-refractivity contribution in [1.29, 1.82) is 0 Å². The second kappa shape index (κ2) is 17.7. The van der Waals surface area contributed by atoms with Gasteiger partial charge in [0.25, 0.3) is 0 Å². The van der Waals surface area contributed by atoms with Gasteiger partial charge in [0.15, 0.2) is 0 Å². The van der Waals surface area contributed by atoms with Gasteiger partial charge in [-0.2, -0.15) is 0 Å². The third kappa shape index (κ3) is 16.7. The van der Waals surface area contributed by atoms with Crippen LogP contribution in [0.25, 0.3) is 0 Å². The largest absolute Gasteiger partial charge is 0.316 e. The zero-order valence-electron chi connectivity index (χ0n) is 12.5. The van der Waals surface area contributed by atoms with Crippen molar-refractivity contribution in [2.45, 2.75) is 71.6 Å². The van der Waals surface area contributed by atoms with E-state index in [0.29, 0.717) is 0 Å². The molecule has 18 heavy (non-hydrogen) atoms. The van der Waals surface area contributed by atoms with Crippen LogP contribution in [-0.2, 0) is 0 Å². The lowest BCUT2D eigenvalue weighted by atomic mass is 10.1. The molecule has 0 aliphatic rings. The van der Waals surface area contributed by atoms with Crippen molar-refractivity contribution in [3.05, 3.63) is 0 Å². The molecular formula is C15H33NS2. The molecule has 0 radical (unpaired) electrons. The van der Waals surface area contributed by atoms with E-state index in [9.17, 15) is 0 Å². The minimum absolute atomic E-state index is 1.10. The van der Waals surface area contributed by atoms with Crippen LogP contribution in [-0.4, -0.2) is 24.6 Å². The fourth-order valence-electron chi connectivity index (χ4n) is 1.88. The van der Waals surface area contributed by atoms with Crippen molar-refractivity contribution in [3.8, 4) is 0 Å². The van der Waals surface area contributed by atoms with Crippen LogP contribution in [0.4, 0.5) is 0 Å². The van der Waals surface area contributed by atoms with Crippen LogP contribution in [0.15, 0.2) is 0 Å². The van der Waals surface area contributed by atoms with Crippen LogP contribution < -0.4 is 5.32 Å². The van der Waals surface area contributed by atoms with E-state index in [-0.39, 0.29) is 0 Å². The molecule has 1 nitrogen and oxygen atoms in total. The van der Waals surface area contributed by atoms with E-state index < -0.39 is 0 Å². The number of nitrogens with one attached hydrogen (secondary N) is 1. The third-order valence-electron chi connectivity index (χ3n) is 3.03. The van der Waals surface area contributed by atoms with Crippen molar-refractivity contribution < 1.29 is 0 Å². The molecule has 0 aromatic heterocycles. The van der Waals surface area contributed by atoms with E-state index in [2.05, 4.69) is 30.0 Å². The van der Waals surface area contributed by atoms with Gasteiger partial charge in [-0.05, 0) is 13.0 Å². The predicted octanol–water partition coefficient (Wildman–Crippen LogP) is 5.51. The Kier molecular flexibility index (Phi) is 18.3. The van der Waals surface area contributed by atoms with Crippen molar-refractivity contribution >= 4 is 21.6 Å². The Hall–Kier alpha value is 0.660.